The highest BCUT2D eigenvalue weighted by molar-refractivity contribution is 5.89. The van der Waals surface area contributed by atoms with Crippen molar-refractivity contribution >= 4 is 10.9 Å². The van der Waals surface area contributed by atoms with Gasteiger partial charge in [0.25, 0.3) is 0 Å². The summed E-state index contributed by atoms with van der Waals surface area (Å²) < 4.78 is 0. The number of likely N-dealkylation sites (tertiary alicyclic amines) is 1. The number of aromatic amines is 1. The summed E-state index contributed by atoms with van der Waals surface area (Å²) in [6.45, 7) is 6.77. The molecule has 4 rings (SSSR count). The van der Waals surface area contributed by atoms with Crippen molar-refractivity contribution in [1.29, 1.82) is 0 Å². The van der Waals surface area contributed by atoms with E-state index < -0.39 is 0 Å². The first kappa shape index (κ1) is 14.3. The van der Waals surface area contributed by atoms with Crippen molar-refractivity contribution in [1.82, 2.24) is 9.88 Å². The molecule has 3 N–H and O–H groups in total. The Labute approximate surface area is 132 Å². The number of piperidine rings is 1. The molecule has 0 amide bonds. The van der Waals surface area contributed by atoms with Gasteiger partial charge in [-0.05, 0) is 49.4 Å². The lowest BCUT2D eigenvalue weighted by atomic mass is 9.73. The highest BCUT2D eigenvalue weighted by atomic mass is 15.2. The van der Waals surface area contributed by atoms with Crippen LogP contribution in [0.4, 0.5) is 0 Å². The number of fused-ring (bicyclic) bond motifs is 2. The molecule has 22 heavy (non-hydrogen) atoms. The quantitative estimate of drug-likeness (QED) is 0.914. The smallest absolute Gasteiger partial charge is 0.0461 e. The first-order valence-electron chi connectivity index (χ1n) is 8.84. The maximum atomic E-state index is 6.39. The molecule has 118 valence electrons. The highest BCUT2D eigenvalue weighted by Gasteiger charge is 2.40. The molecule has 1 saturated heterocycles. The van der Waals surface area contributed by atoms with Gasteiger partial charge in [0, 0.05) is 41.1 Å². The first-order chi connectivity index (χ1) is 10.7. The van der Waals surface area contributed by atoms with E-state index in [1.54, 1.807) is 5.56 Å². The van der Waals surface area contributed by atoms with Crippen LogP contribution in [0.25, 0.3) is 10.9 Å². The molecule has 3 heteroatoms. The minimum atomic E-state index is 0.314. The number of rotatable bonds is 3. The fraction of sp³-hybridized carbons (Fsp3) is 0.579. The number of aromatic nitrogens is 1. The van der Waals surface area contributed by atoms with E-state index in [9.17, 15) is 0 Å². The van der Waals surface area contributed by atoms with Gasteiger partial charge < -0.3 is 10.7 Å². The van der Waals surface area contributed by atoms with E-state index in [-0.39, 0.29) is 0 Å². The van der Waals surface area contributed by atoms with E-state index in [1.807, 2.05) is 0 Å². The molecular formula is C19H27N3. The molecule has 1 aliphatic heterocycles. The summed E-state index contributed by atoms with van der Waals surface area (Å²) in [5.41, 5.74) is 12.3. The number of nitrogens with two attached hydrogens (primary N) is 1. The Morgan fingerprint density at radius 3 is 2.95 bits per heavy atom. The van der Waals surface area contributed by atoms with Gasteiger partial charge in [0.15, 0.2) is 0 Å². The molecule has 0 radical (unpaired) electrons. The molecule has 1 aliphatic carbocycles. The lowest BCUT2D eigenvalue weighted by molar-refractivity contribution is 0.110. The maximum absolute atomic E-state index is 6.39. The third-order valence-corrected chi connectivity index (χ3v) is 5.68. The third kappa shape index (κ3) is 2.03. The Balaban J connectivity index is 1.86. The second-order valence-electron chi connectivity index (χ2n) is 7.07. The Bertz CT molecular complexity index is 687. The van der Waals surface area contributed by atoms with Gasteiger partial charge in [-0.1, -0.05) is 26.0 Å². The topological polar surface area (TPSA) is 45.0 Å². The first-order valence-corrected chi connectivity index (χ1v) is 8.84. The van der Waals surface area contributed by atoms with Gasteiger partial charge in [0.2, 0.25) is 0 Å². The average molecular weight is 297 g/mol. The summed E-state index contributed by atoms with van der Waals surface area (Å²) in [4.78, 5) is 6.32. The normalized spacial score (nSPS) is 28.0. The van der Waals surface area contributed by atoms with E-state index in [4.69, 9.17) is 5.73 Å². The minimum Gasteiger partial charge on any atom is -0.358 e. The maximum Gasteiger partial charge on any atom is 0.0461 e. The van der Waals surface area contributed by atoms with Crippen LogP contribution in [0.2, 0.25) is 0 Å². The summed E-state index contributed by atoms with van der Waals surface area (Å²) >= 11 is 0. The molecule has 2 aromatic rings. The zero-order valence-electron chi connectivity index (χ0n) is 13.7. The lowest BCUT2D eigenvalue weighted by Crippen LogP contribution is -2.54. The predicted octanol–water partition coefficient (Wildman–Crippen LogP) is 3.18. The van der Waals surface area contributed by atoms with Crippen molar-refractivity contribution in [2.24, 2.45) is 5.73 Å². The second-order valence-corrected chi connectivity index (χ2v) is 7.07. The lowest BCUT2D eigenvalue weighted by Gasteiger charge is -2.46. The van der Waals surface area contributed by atoms with Crippen LogP contribution in [0.1, 0.15) is 49.4 Å². The number of benzene rings is 1. The van der Waals surface area contributed by atoms with Crippen LogP contribution in [0.5, 0.6) is 0 Å². The second kappa shape index (κ2) is 5.39. The van der Waals surface area contributed by atoms with Crippen molar-refractivity contribution < 1.29 is 0 Å². The summed E-state index contributed by atoms with van der Waals surface area (Å²) in [7, 11) is 0. The molecule has 2 heterocycles. The van der Waals surface area contributed by atoms with E-state index >= 15 is 0 Å². The molecule has 1 aromatic heterocycles. The van der Waals surface area contributed by atoms with Gasteiger partial charge in [0.1, 0.15) is 0 Å². The van der Waals surface area contributed by atoms with Crippen molar-refractivity contribution in [2.45, 2.75) is 57.5 Å². The molecule has 3 nitrogen and oxygen atoms in total. The van der Waals surface area contributed by atoms with E-state index in [0.29, 0.717) is 18.0 Å². The Kier molecular flexibility index (Phi) is 3.50. The summed E-state index contributed by atoms with van der Waals surface area (Å²) in [6.07, 6.45) is 4.63. The fourth-order valence-electron chi connectivity index (χ4n) is 4.84. The van der Waals surface area contributed by atoms with Gasteiger partial charge in [-0.2, -0.15) is 0 Å². The Hall–Kier alpha value is -1.32. The Morgan fingerprint density at radius 1 is 1.32 bits per heavy atom. The van der Waals surface area contributed by atoms with Crippen molar-refractivity contribution in [3.8, 4) is 0 Å². The molecule has 3 atom stereocenters. The van der Waals surface area contributed by atoms with Crippen molar-refractivity contribution in [3.05, 3.63) is 35.0 Å². The van der Waals surface area contributed by atoms with Crippen molar-refractivity contribution in [3.63, 3.8) is 0 Å². The summed E-state index contributed by atoms with van der Waals surface area (Å²) in [6, 6.07) is 7.74. The van der Waals surface area contributed by atoms with Crippen molar-refractivity contribution in [2.75, 3.05) is 13.1 Å². The highest BCUT2D eigenvalue weighted by Crippen LogP contribution is 2.44. The molecular weight excluding hydrogens is 270 g/mol. The fourth-order valence-corrected chi connectivity index (χ4v) is 4.84. The number of nitrogens with zero attached hydrogens (tertiary/aromatic N) is 1. The van der Waals surface area contributed by atoms with Crippen LogP contribution in [0, 0.1) is 0 Å². The van der Waals surface area contributed by atoms with Gasteiger partial charge in [-0.25, -0.2) is 0 Å². The van der Waals surface area contributed by atoms with Gasteiger partial charge in [-0.3, -0.25) is 4.90 Å². The largest absolute Gasteiger partial charge is 0.358 e. The predicted molar refractivity (Wildman–Crippen MR) is 92.4 cm³/mol. The molecule has 1 aromatic carbocycles. The molecule has 0 bridgehead atoms. The molecule has 0 spiro atoms. The van der Waals surface area contributed by atoms with E-state index in [2.05, 4.69) is 41.9 Å². The molecule has 0 saturated carbocycles. The molecule has 2 aliphatic rings. The Morgan fingerprint density at radius 2 is 2.18 bits per heavy atom. The van der Waals surface area contributed by atoms with Crippen LogP contribution in [-0.4, -0.2) is 35.1 Å². The van der Waals surface area contributed by atoms with E-state index in [0.717, 1.165) is 19.4 Å². The van der Waals surface area contributed by atoms with Crippen LogP contribution < -0.4 is 5.73 Å². The minimum absolute atomic E-state index is 0.314. The third-order valence-electron chi connectivity index (χ3n) is 5.68. The SMILES string of the molecule is CCCN1C[C@@H](N)CC2c3cccc4[nH]c(CC)c(c34)C[C@H]21. The monoisotopic (exact) mass is 297 g/mol. The number of hydrogen-bond donors (Lipinski definition) is 2. The zero-order valence-corrected chi connectivity index (χ0v) is 13.7. The summed E-state index contributed by atoms with van der Waals surface area (Å²) in [5.74, 6) is 0.604. The number of hydrogen-bond acceptors (Lipinski definition) is 2. The standard InChI is InChI=1S/C19H27N3/c1-3-8-22-11-12(20)9-14-13-6-5-7-17-19(13)15(10-18(14)22)16(4-2)21-17/h5-7,12,14,18,21H,3-4,8-11,20H2,1-2H3/t12-,14?,18+/m0/s1. The van der Waals surface area contributed by atoms with Crippen LogP contribution in [0.3, 0.4) is 0 Å². The van der Waals surface area contributed by atoms with Gasteiger partial charge in [0.05, 0.1) is 0 Å². The van der Waals surface area contributed by atoms with Gasteiger partial charge in [-0.15, -0.1) is 0 Å². The molecule has 1 unspecified atom stereocenters. The number of H-pyrrole nitrogens is 1. The zero-order chi connectivity index (χ0) is 15.3. The van der Waals surface area contributed by atoms with Crippen LogP contribution in [0.15, 0.2) is 18.2 Å². The van der Waals surface area contributed by atoms with Crippen LogP contribution >= 0.6 is 0 Å². The van der Waals surface area contributed by atoms with Crippen LogP contribution in [-0.2, 0) is 12.8 Å². The number of nitrogens with one attached hydrogen (secondary N) is 1. The van der Waals surface area contributed by atoms with Gasteiger partial charge >= 0.3 is 0 Å². The van der Waals surface area contributed by atoms with E-state index in [1.165, 1.54) is 41.5 Å². The summed E-state index contributed by atoms with van der Waals surface area (Å²) in [5, 5.41) is 1.51. The average Bonchev–Trinajstić information content (AvgIpc) is 2.88. The molecule has 1 fully saturated rings. The number of aryl methyl sites for hydroxylation is 1.